The molecular formula is C13H18BrN3O. The summed E-state index contributed by atoms with van der Waals surface area (Å²) >= 11 is 3.47. The first-order chi connectivity index (χ1) is 8.78. The molecule has 0 aromatic carbocycles. The predicted octanol–water partition coefficient (Wildman–Crippen LogP) is 1.79. The van der Waals surface area contributed by atoms with E-state index in [1.54, 1.807) is 7.11 Å². The van der Waals surface area contributed by atoms with Gasteiger partial charge in [0, 0.05) is 31.8 Å². The van der Waals surface area contributed by atoms with Crippen LogP contribution in [0, 0.1) is 5.92 Å². The second kappa shape index (κ2) is 5.15. The Hall–Kier alpha value is -0.650. The van der Waals surface area contributed by atoms with Crippen molar-refractivity contribution in [2.75, 3.05) is 31.6 Å². The molecule has 3 rings (SSSR count). The number of methoxy groups -OCH3 is 1. The monoisotopic (exact) mass is 311 g/mol. The normalized spacial score (nSPS) is 26.7. The van der Waals surface area contributed by atoms with Gasteiger partial charge in [-0.2, -0.15) is 0 Å². The molecule has 4 nitrogen and oxygen atoms in total. The molecule has 1 N–H and O–H groups in total. The van der Waals surface area contributed by atoms with E-state index in [1.165, 1.54) is 18.7 Å². The van der Waals surface area contributed by atoms with Crippen LogP contribution in [0.1, 0.15) is 12.0 Å². The van der Waals surface area contributed by atoms with Crippen LogP contribution < -0.4 is 10.2 Å². The minimum atomic E-state index is 0.598. The predicted molar refractivity (Wildman–Crippen MR) is 74.8 cm³/mol. The van der Waals surface area contributed by atoms with Gasteiger partial charge < -0.3 is 15.0 Å². The van der Waals surface area contributed by atoms with Gasteiger partial charge in [0.25, 0.3) is 0 Å². The number of rotatable bonds is 3. The van der Waals surface area contributed by atoms with Crippen LogP contribution in [0.2, 0.25) is 0 Å². The molecule has 0 saturated carbocycles. The molecule has 98 valence electrons. The SMILES string of the molecule is COCc1cc(N2CC3CCNC3C2)cnc1Br. The molecule has 2 atom stereocenters. The molecule has 0 radical (unpaired) electrons. The van der Waals surface area contributed by atoms with Crippen LogP contribution in [-0.4, -0.2) is 37.8 Å². The van der Waals surface area contributed by atoms with Crippen molar-refractivity contribution in [3.05, 3.63) is 22.4 Å². The van der Waals surface area contributed by atoms with Gasteiger partial charge in [0.1, 0.15) is 4.60 Å². The topological polar surface area (TPSA) is 37.4 Å². The van der Waals surface area contributed by atoms with Gasteiger partial charge in [0.05, 0.1) is 18.5 Å². The van der Waals surface area contributed by atoms with Crippen LogP contribution >= 0.6 is 15.9 Å². The Labute approximate surface area is 116 Å². The fourth-order valence-corrected chi connectivity index (χ4v) is 3.30. The first-order valence-corrected chi connectivity index (χ1v) is 7.19. The van der Waals surface area contributed by atoms with Crippen molar-refractivity contribution >= 4 is 21.6 Å². The van der Waals surface area contributed by atoms with Gasteiger partial charge in [0.2, 0.25) is 0 Å². The number of hydrogen-bond acceptors (Lipinski definition) is 4. The third kappa shape index (κ3) is 2.27. The van der Waals surface area contributed by atoms with E-state index < -0.39 is 0 Å². The van der Waals surface area contributed by atoms with Crippen LogP contribution in [0.15, 0.2) is 16.9 Å². The molecule has 2 aliphatic rings. The summed E-state index contributed by atoms with van der Waals surface area (Å²) in [5, 5.41) is 3.57. The zero-order valence-corrected chi connectivity index (χ0v) is 12.1. The van der Waals surface area contributed by atoms with Crippen LogP contribution in [0.25, 0.3) is 0 Å². The fraction of sp³-hybridized carbons (Fsp3) is 0.615. The van der Waals surface area contributed by atoms with Crippen molar-refractivity contribution in [2.24, 2.45) is 5.92 Å². The Morgan fingerprint density at radius 1 is 1.56 bits per heavy atom. The summed E-state index contributed by atoms with van der Waals surface area (Å²) in [6.07, 6.45) is 3.25. The van der Waals surface area contributed by atoms with Crippen molar-refractivity contribution in [2.45, 2.75) is 19.1 Å². The van der Waals surface area contributed by atoms with Gasteiger partial charge in [-0.3, -0.25) is 0 Å². The molecule has 1 aromatic rings. The van der Waals surface area contributed by atoms with E-state index in [0.29, 0.717) is 12.6 Å². The van der Waals surface area contributed by atoms with E-state index >= 15 is 0 Å². The van der Waals surface area contributed by atoms with Crippen molar-refractivity contribution in [3.63, 3.8) is 0 Å². The van der Waals surface area contributed by atoms with Gasteiger partial charge in [0.15, 0.2) is 0 Å². The lowest BCUT2D eigenvalue weighted by molar-refractivity contribution is 0.184. The minimum Gasteiger partial charge on any atom is -0.380 e. The van der Waals surface area contributed by atoms with E-state index in [4.69, 9.17) is 4.74 Å². The maximum Gasteiger partial charge on any atom is 0.111 e. The average molecular weight is 312 g/mol. The second-order valence-electron chi connectivity index (χ2n) is 5.09. The van der Waals surface area contributed by atoms with Gasteiger partial charge in [-0.05, 0) is 40.9 Å². The molecule has 2 fully saturated rings. The highest BCUT2D eigenvalue weighted by Gasteiger charge is 2.36. The third-order valence-electron chi connectivity index (χ3n) is 3.92. The number of fused-ring (bicyclic) bond motifs is 1. The van der Waals surface area contributed by atoms with Crippen molar-refractivity contribution in [1.82, 2.24) is 10.3 Å². The molecule has 18 heavy (non-hydrogen) atoms. The molecule has 0 aliphatic carbocycles. The number of hydrogen-bond donors (Lipinski definition) is 1. The Bertz CT molecular complexity index is 428. The molecule has 3 heterocycles. The summed E-state index contributed by atoms with van der Waals surface area (Å²) in [7, 11) is 1.71. The number of halogens is 1. The molecule has 0 bridgehead atoms. The van der Waals surface area contributed by atoms with Crippen LogP contribution in [0.4, 0.5) is 5.69 Å². The summed E-state index contributed by atoms with van der Waals surface area (Å²) in [6, 6.07) is 2.85. The lowest BCUT2D eigenvalue weighted by Gasteiger charge is -2.20. The summed E-state index contributed by atoms with van der Waals surface area (Å²) < 4.78 is 6.08. The summed E-state index contributed by atoms with van der Waals surface area (Å²) in [4.78, 5) is 6.84. The highest BCUT2D eigenvalue weighted by molar-refractivity contribution is 9.10. The Morgan fingerprint density at radius 2 is 2.44 bits per heavy atom. The Balaban J connectivity index is 1.78. The fourth-order valence-electron chi connectivity index (χ4n) is 2.97. The molecule has 1 aromatic heterocycles. The standard InChI is InChI=1S/C13H18BrN3O/c1-18-8-10-4-11(5-16-13(10)14)17-6-9-2-3-15-12(9)7-17/h4-5,9,12,15H,2-3,6-8H2,1H3. The summed E-state index contributed by atoms with van der Waals surface area (Å²) in [6.45, 7) is 4.02. The third-order valence-corrected chi connectivity index (χ3v) is 4.64. The number of aromatic nitrogens is 1. The molecule has 0 amide bonds. The van der Waals surface area contributed by atoms with E-state index in [9.17, 15) is 0 Å². The second-order valence-corrected chi connectivity index (χ2v) is 5.84. The van der Waals surface area contributed by atoms with Gasteiger partial charge in [-0.1, -0.05) is 0 Å². The Morgan fingerprint density at radius 3 is 3.22 bits per heavy atom. The molecule has 0 spiro atoms. The molecule has 2 unspecified atom stereocenters. The zero-order valence-electron chi connectivity index (χ0n) is 10.5. The van der Waals surface area contributed by atoms with Crippen LogP contribution in [0.3, 0.4) is 0 Å². The lowest BCUT2D eigenvalue weighted by Crippen LogP contribution is -2.30. The first kappa shape index (κ1) is 12.4. The first-order valence-electron chi connectivity index (χ1n) is 6.39. The molecule has 2 aliphatic heterocycles. The lowest BCUT2D eigenvalue weighted by atomic mass is 10.1. The zero-order chi connectivity index (χ0) is 12.5. The highest BCUT2D eigenvalue weighted by atomic mass is 79.9. The number of anilines is 1. The molecule has 5 heteroatoms. The van der Waals surface area contributed by atoms with E-state index in [2.05, 4.69) is 37.2 Å². The highest BCUT2D eigenvalue weighted by Crippen LogP contribution is 2.30. The number of pyridine rings is 1. The number of nitrogens with zero attached hydrogens (tertiary/aromatic N) is 2. The minimum absolute atomic E-state index is 0.598. The smallest absolute Gasteiger partial charge is 0.111 e. The maximum atomic E-state index is 5.20. The number of ether oxygens (including phenoxy) is 1. The maximum absolute atomic E-state index is 5.20. The number of nitrogens with one attached hydrogen (secondary N) is 1. The van der Waals surface area contributed by atoms with Gasteiger partial charge >= 0.3 is 0 Å². The van der Waals surface area contributed by atoms with E-state index in [-0.39, 0.29) is 0 Å². The summed E-state index contributed by atoms with van der Waals surface area (Å²) in [5.41, 5.74) is 2.32. The van der Waals surface area contributed by atoms with Gasteiger partial charge in [-0.25, -0.2) is 4.98 Å². The van der Waals surface area contributed by atoms with Crippen molar-refractivity contribution in [3.8, 4) is 0 Å². The van der Waals surface area contributed by atoms with Crippen molar-refractivity contribution in [1.29, 1.82) is 0 Å². The van der Waals surface area contributed by atoms with E-state index in [1.807, 2.05) is 6.20 Å². The van der Waals surface area contributed by atoms with Crippen LogP contribution in [0.5, 0.6) is 0 Å². The van der Waals surface area contributed by atoms with Crippen molar-refractivity contribution < 1.29 is 4.74 Å². The van der Waals surface area contributed by atoms with Gasteiger partial charge in [-0.15, -0.1) is 0 Å². The molecule has 2 saturated heterocycles. The quantitative estimate of drug-likeness (QED) is 0.864. The van der Waals surface area contributed by atoms with E-state index in [0.717, 1.165) is 29.2 Å². The molecular weight excluding hydrogens is 294 g/mol. The largest absolute Gasteiger partial charge is 0.380 e. The average Bonchev–Trinajstić information content (AvgIpc) is 2.92. The Kier molecular flexibility index (Phi) is 3.54. The van der Waals surface area contributed by atoms with Crippen LogP contribution in [-0.2, 0) is 11.3 Å². The summed E-state index contributed by atoms with van der Waals surface area (Å²) in [5.74, 6) is 0.805.